The highest BCUT2D eigenvalue weighted by Crippen LogP contribution is 2.22. The Labute approximate surface area is 156 Å². The number of hydrogen-bond acceptors (Lipinski definition) is 3. The highest BCUT2D eigenvalue weighted by atomic mass is 35.5. The van der Waals surface area contributed by atoms with Gasteiger partial charge in [-0.1, -0.05) is 37.0 Å². The van der Waals surface area contributed by atoms with Gasteiger partial charge in [-0.3, -0.25) is 9.59 Å². The Morgan fingerprint density at radius 1 is 1.00 bits per heavy atom. The van der Waals surface area contributed by atoms with Gasteiger partial charge in [0.05, 0.1) is 5.56 Å². The van der Waals surface area contributed by atoms with Crippen molar-refractivity contribution in [2.45, 2.75) is 19.9 Å². The number of phenolic OH excluding ortho intramolecular Hbond substituents is 1. The minimum absolute atomic E-state index is 0.0115. The first-order valence-electron chi connectivity index (χ1n) is 7.63. The highest BCUT2D eigenvalue weighted by Gasteiger charge is 2.26. The second-order valence-electron chi connectivity index (χ2n) is 5.85. The van der Waals surface area contributed by atoms with E-state index in [1.165, 1.54) is 18.2 Å². The van der Waals surface area contributed by atoms with Crippen molar-refractivity contribution in [2.24, 2.45) is 5.92 Å². The average Bonchev–Trinajstić information content (AvgIpc) is 2.56. The lowest BCUT2D eigenvalue weighted by molar-refractivity contribution is -0.118. The normalized spacial score (nSPS) is 11.9. The first kappa shape index (κ1) is 19.1. The maximum atomic E-state index is 12.5. The van der Waals surface area contributed by atoms with Crippen LogP contribution in [0.15, 0.2) is 42.5 Å². The van der Waals surface area contributed by atoms with E-state index in [0.29, 0.717) is 15.7 Å². The summed E-state index contributed by atoms with van der Waals surface area (Å²) in [6, 6.07) is 10.0. The summed E-state index contributed by atoms with van der Waals surface area (Å²) in [5.41, 5.74) is 0.581. The molecule has 0 fully saturated rings. The lowest BCUT2D eigenvalue weighted by Gasteiger charge is -2.22. The van der Waals surface area contributed by atoms with Crippen LogP contribution in [0.25, 0.3) is 0 Å². The van der Waals surface area contributed by atoms with Crippen molar-refractivity contribution in [2.75, 3.05) is 5.32 Å². The van der Waals surface area contributed by atoms with Crippen molar-refractivity contribution in [3.8, 4) is 5.75 Å². The summed E-state index contributed by atoms with van der Waals surface area (Å²) < 4.78 is 0. The molecule has 3 N–H and O–H groups in total. The van der Waals surface area contributed by atoms with Gasteiger partial charge in [0.2, 0.25) is 5.91 Å². The van der Waals surface area contributed by atoms with Crippen LogP contribution in [-0.2, 0) is 4.79 Å². The van der Waals surface area contributed by atoms with Gasteiger partial charge in [-0.2, -0.15) is 0 Å². The van der Waals surface area contributed by atoms with E-state index in [-0.39, 0.29) is 23.1 Å². The predicted octanol–water partition coefficient (Wildman–Crippen LogP) is 4.09. The van der Waals surface area contributed by atoms with Crippen molar-refractivity contribution in [3.63, 3.8) is 0 Å². The van der Waals surface area contributed by atoms with Gasteiger partial charge >= 0.3 is 0 Å². The van der Waals surface area contributed by atoms with Crippen LogP contribution in [-0.4, -0.2) is 23.0 Å². The lowest BCUT2D eigenvalue weighted by atomic mass is 10.0. The van der Waals surface area contributed by atoms with Crippen LogP contribution < -0.4 is 10.6 Å². The molecule has 25 heavy (non-hydrogen) atoms. The van der Waals surface area contributed by atoms with Crippen molar-refractivity contribution in [3.05, 3.63) is 58.1 Å². The number of nitrogens with one attached hydrogen (secondary N) is 2. The number of anilines is 1. The molecule has 2 aromatic carbocycles. The van der Waals surface area contributed by atoms with Crippen LogP contribution in [0.3, 0.4) is 0 Å². The van der Waals surface area contributed by atoms with E-state index in [9.17, 15) is 14.7 Å². The summed E-state index contributed by atoms with van der Waals surface area (Å²) in [5, 5.41) is 16.1. The summed E-state index contributed by atoms with van der Waals surface area (Å²) in [6.07, 6.45) is 0. The molecule has 0 bridgehead atoms. The molecule has 0 saturated heterocycles. The fraction of sp³-hybridized carbons (Fsp3) is 0.222. The molecule has 1 atom stereocenters. The van der Waals surface area contributed by atoms with E-state index in [4.69, 9.17) is 23.2 Å². The molecule has 0 aliphatic heterocycles. The van der Waals surface area contributed by atoms with Gasteiger partial charge in [0.1, 0.15) is 11.8 Å². The van der Waals surface area contributed by atoms with Crippen molar-refractivity contribution in [1.82, 2.24) is 5.32 Å². The molecule has 132 valence electrons. The zero-order valence-corrected chi connectivity index (χ0v) is 15.2. The molecule has 2 rings (SSSR count). The number of halogens is 2. The van der Waals surface area contributed by atoms with Gasteiger partial charge in [0.25, 0.3) is 5.91 Å². The van der Waals surface area contributed by atoms with Crippen LogP contribution in [0.4, 0.5) is 5.69 Å². The zero-order valence-electron chi connectivity index (χ0n) is 13.7. The van der Waals surface area contributed by atoms with Gasteiger partial charge in [-0.15, -0.1) is 0 Å². The summed E-state index contributed by atoms with van der Waals surface area (Å²) >= 11 is 11.7. The second kappa shape index (κ2) is 8.23. The molecule has 0 radical (unpaired) electrons. The first-order chi connectivity index (χ1) is 11.8. The summed E-state index contributed by atoms with van der Waals surface area (Å²) in [7, 11) is 0. The third-order valence-corrected chi connectivity index (χ3v) is 4.04. The van der Waals surface area contributed by atoms with Crippen LogP contribution >= 0.6 is 23.2 Å². The number of carbonyl (C=O) groups is 2. The Morgan fingerprint density at radius 2 is 1.60 bits per heavy atom. The van der Waals surface area contributed by atoms with E-state index < -0.39 is 11.9 Å². The molecular formula is C18H18Cl2N2O3. The monoisotopic (exact) mass is 380 g/mol. The minimum Gasteiger partial charge on any atom is -0.507 e. The number of carbonyl (C=O) groups excluding carboxylic acids is 2. The molecule has 0 spiro atoms. The quantitative estimate of drug-likeness (QED) is 0.730. The molecule has 0 aromatic heterocycles. The highest BCUT2D eigenvalue weighted by molar-refractivity contribution is 6.31. The Hall–Kier alpha value is -2.24. The van der Waals surface area contributed by atoms with Crippen LogP contribution in [0.1, 0.15) is 24.2 Å². The molecule has 5 nitrogen and oxygen atoms in total. The number of rotatable bonds is 5. The summed E-state index contributed by atoms with van der Waals surface area (Å²) in [5.74, 6) is -1.32. The Balaban J connectivity index is 2.14. The number of aromatic hydroxyl groups is 1. The van der Waals surface area contributed by atoms with Crippen molar-refractivity contribution < 1.29 is 14.7 Å². The molecule has 0 unspecified atom stereocenters. The number of phenols is 1. The van der Waals surface area contributed by atoms with Gasteiger partial charge < -0.3 is 15.7 Å². The summed E-state index contributed by atoms with van der Waals surface area (Å²) in [6.45, 7) is 3.62. The third-order valence-electron chi connectivity index (χ3n) is 3.55. The van der Waals surface area contributed by atoms with E-state index in [1.807, 2.05) is 13.8 Å². The maximum absolute atomic E-state index is 12.5. The van der Waals surface area contributed by atoms with Crippen LogP contribution in [0.2, 0.25) is 10.0 Å². The van der Waals surface area contributed by atoms with Crippen LogP contribution in [0.5, 0.6) is 5.75 Å². The molecule has 0 saturated carbocycles. The topological polar surface area (TPSA) is 78.4 Å². The lowest BCUT2D eigenvalue weighted by Crippen LogP contribution is -2.47. The number of amides is 2. The fourth-order valence-corrected chi connectivity index (χ4v) is 2.50. The maximum Gasteiger partial charge on any atom is 0.255 e. The van der Waals surface area contributed by atoms with Gasteiger partial charge in [-0.25, -0.2) is 0 Å². The molecule has 2 aromatic rings. The third kappa shape index (κ3) is 5.11. The fourth-order valence-electron chi connectivity index (χ4n) is 2.20. The first-order valence-corrected chi connectivity index (χ1v) is 8.39. The minimum atomic E-state index is -0.790. The van der Waals surface area contributed by atoms with E-state index in [2.05, 4.69) is 10.6 Å². The molecule has 7 heteroatoms. The smallest absolute Gasteiger partial charge is 0.255 e. The van der Waals surface area contributed by atoms with Crippen LogP contribution in [0, 0.1) is 5.92 Å². The zero-order chi connectivity index (χ0) is 18.6. The average molecular weight is 381 g/mol. The number of benzene rings is 2. The van der Waals surface area contributed by atoms with Crippen molar-refractivity contribution in [1.29, 1.82) is 0 Å². The van der Waals surface area contributed by atoms with Gasteiger partial charge in [0.15, 0.2) is 0 Å². The van der Waals surface area contributed by atoms with Crippen molar-refractivity contribution >= 4 is 40.7 Å². The SMILES string of the molecule is CC(C)[C@@H](NC(=O)c1cc(Cl)ccc1O)C(=O)Nc1ccc(Cl)cc1. The van der Waals surface area contributed by atoms with Gasteiger partial charge in [-0.05, 0) is 48.4 Å². The predicted molar refractivity (Wildman–Crippen MR) is 99.3 cm³/mol. The van der Waals surface area contributed by atoms with E-state index >= 15 is 0 Å². The van der Waals surface area contributed by atoms with E-state index in [1.54, 1.807) is 24.3 Å². The standard InChI is InChI=1S/C18H18Cl2N2O3/c1-10(2)16(18(25)21-13-6-3-11(19)4-7-13)22-17(24)14-9-12(20)5-8-15(14)23/h3-10,16,23H,1-2H3,(H,21,25)(H,22,24)/t16-/m1/s1. The number of hydrogen-bond donors (Lipinski definition) is 3. The molecular weight excluding hydrogens is 363 g/mol. The van der Waals surface area contributed by atoms with Gasteiger partial charge in [0, 0.05) is 15.7 Å². The molecule has 0 heterocycles. The largest absolute Gasteiger partial charge is 0.507 e. The Morgan fingerprint density at radius 3 is 2.20 bits per heavy atom. The van der Waals surface area contributed by atoms with E-state index in [0.717, 1.165) is 0 Å². The summed E-state index contributed by atoms with van der Waals surface area (Å²) in [4.78, 5) is 24.9. The Kier molecular flexibility index (Phi) is 6.28. The molecule has 0 aliphatic rings. The molecule has 2 amide bonds. The Bertz CT molecular complexity index is 776. The second-order valence-corrected chi connectivity index (χ2v) is 6.73. The molecule has 0 aliphatic carbocycles.